The molecule has 214 valence electrons. The van der Waals surface area contributed by atoms with Crippen LogP contribution in [0.5, 0.6) is 0 Å². The second-order valence-electron chi connectivity index (χ2n) is 9.58. The third-order valence-corrected chi connectivity index (χ3v) is 7.93. The average molecular weight is 588 g/mol. The molecule has 7 nitrogen and oxygen atoms in total. The van der Waals surface area contributed by atoms with E-state index < -0.39 is 21.9 Å². The van der Waals surface area contributed by atoms with Gasteiger partial charge in [-0.05, 0) is 49.6 Å². The first-order valence-electron chi connectivity index (χ1n) is 13.1. The molecular formula is C30H35ClFN3O4S. The van der Waals surface area contributed by atoms with Gasteiger partial charge in [0.2, 0.25) is 21.8 Å². The van der Waals surface area contributed by atoms with Crippen LogP contribution in [0.25, 0.3) is 0 Å². The molecule has 3 rings (SSSR count). The van der Waals surface area contributed by atoms with E-state index in [0.29, 0.717) is 17.3 Å². The maximum atomic E-state index is 14.7. The van der Waals surface area contributed by atoms with Gasteiger partial charge in [0.05, 0.1) is 11.9 Å². The number of amides is 2. The summed E-state index contributed by atoms with van der Waals surface area (Å²) in [5.74, 6) is -1.20. The molecule has 2 amide bonds. The molecule has 1 N–H and O–H groups in total. The Morgan fingerprint density at radius 2 is 1.70 bits per heavy atom. The SMILES string of the molecule is CCNC(=O)C(Cc1ccccc1)N(Cc1ccccc1F)C(=O)CCCN(c1cc(Cl)ccc1C)S(C)(=O)=O. The van der Waals surface area contributed by atoms with E-state index in [9.17, 15) is 22.4 Å². The predicted octanol–water partition coefficient (Wildman–Crippen LogP) is 5.11. The van der Waals surface area contributed by atoms with Crippen LogP contribution in [0.4, 0.5) is 10.1 Å². The lowest BCUT2D eigenvalue weighted by atomic mass is 10.0. The van der Waals surface area contributed by atoms with Crippen molar-refractivity contribution >= 4 is 39.1 Å². The third-order valence-electron chi connectivity index (χ3n) is 6.51. The van der Waals surface area contributed by atoms with Crippen molar-refractivity contribution < 1.29 is 22.4 Å². The highest BCUT2D eigenvalue weighted by Crippen LogP contribution is 2.27. The van der Waals surface area contributed by atoms with Crippen LogP contribution in [0, 0.1) is 12.7 Å². The molecule has 3 aromatic rings. The van der Waals surface area contributed by atoms with E-state index in [1.54, 1.807) is 50.2 Å². The van der Waals surface area contributed by atoms with Gasteiger partial charge >= 0.3 is 0 Å². The minimum absolute atomic E-state index is 0.0315. The number of carbonyl (C=O) groups is 2. The zero-order chi connectivity index (χ0) is 29.3. The quantitative estimate of drug-likeness (QED) is 0.301. The van der Waals surface area contributed by atoms with Crippen LogP contribution >= 0.6 is 11.6 Å². The van der Waals surface area contributed by atoms with Gasteiger partial charge in [-0.15, -0.1) is 0 Å². The topological polar surface area (TPSA) is 86.8 Å². The summed E-state index contributed by atoms with van der Waals surface area (Å²) in [5.41, 5.74) is 2.30. The largest absolute Gasteiger partial charge is 0.355 e. The summed E-state index contributed by atoms with van der Waals surface area (Å²) in [6, 6.07) is 19.5. The molecule has 0 aromatic heterocycles. The van der Waals surface area contributed by atoms with Gasteiger partial charge in [0.1, 0.15) is 11.9 Å². The van der Waals surface area contributed by atoms with E-state index in [4.69, 9.17) is 11.6 Å². The Morgan fingerprint density at radius 1 is 1.02 bits per heavy atom. The highest BCUT2D eigenvalue weighted by Gasteiger charge is 2.31. The lowest BCUT2D eigenvalue weighted by molar-refractivity contribution is -0.141. The standard InChI is InChI=1S/C30H35ClFN3O4S/c1-4-33-30(37)28(19-23-11-6-5-7-12-23)34(21-24-13-8-9-14-26(24)32)29(36)15-10-18-35(40(3,38)39)27-20-25(31)17-16-22(27)2/h5-9,11-14,16-17,20,28H,4,10,15,18-19,21H2,1-3H3,(H,33,37). The van der Waals surface area contributed by atoms with E-state index in [-0.39, 0.29) is 49.7 Å². The van der Waals surface area contributed by atoms with Crippen LogP contribution in [-0.2, 0) is 32.6 Å². The zero-order valence-corrected chi connectivity index (χ0v) is 24.5. The Labute approximate surface area is 241 Å². The fourth-order valence-corrected chi connectivity index (χ4v) is 5.67. The van der Waals surface area contributed by atoms with Crippen molar-refractivity contribution in [2.45, 2.75) is 45.7 Å². The Bertz CT molecular complexity index is 1420. The fourth-order valence-electron chi connectivity index (χ4n) is 4.49. The minimum atomic E-state index is -3.67. The third kappa shape index (κ3) is 8.53. The maximum absolute atomic E-state index is 14.7. The number of sulfonamides is 1. The Hall–Kier alpha value is -3.43. The molecule has 1 atom stereocenters. The number of aryl methyl sites for hydroxylation is 1. The molecule has 1 unspecified atom stereocenters. The van der Waals surface area contributed by atoms with Crippen molar-refractivity contribution in [1.29, 1.82) is 0 Å². The number of hydrogen-bond acceptors (Lipinski definition) is 4. The highest BCUT2D eigenvalue weighted by atomic mass is 35.5. The Balaban J connectivity index is 1.89. The zero-order valence-electron chi connectivity index (χ0n) is 22.9. The van der Waals surface area contributed by atoms with Crippen molar-refractivity contribution in [1.82, 2.24) is 10.2 Å². The van der Waals surface area contributed by atoms with E-state index in [0.717, 1.165) is 17.4 Å². The number of anilines is 1. The number of likely N-dealkylation sites (N-methyl/N-ethyl adjacent to an activating group) is 1. The van der Waals surface area contributed by atoms with Crippen LogP contribution in [0.3, 0.4) is 0 Å². The Kier molecular flexibility index (Phi) is 11.1. The van der Waals surface area contributed by atoms with Crippen molar-refractivity contribution in [2.75, 3.05) is 23.7 Å². The molecule has 40 heavy (non-hydrogen) atoms. The minimum Gasteiger partial charge on any atom is -0.355 e. The molecule has 10 heteroatoms. The molecule has 0 aliphatic rings. The maximum Gasteiger partial charge on any atom is 0.243 e. The van der Waals surface area contributed by atoms with Gasteiger partial charge in [0.15, 0.2) is 0 Å². The summed E-state index contributed by atoms with van der Waals surface area (Å²) in [6.07, 6.45) is 1.47. The van der Waals surface area contributed by atoms with Gasteiger partial charge in [-0.3, -0.25) is 13.9 Å². The molecule has 0 saturated heterocycles. The summed E-state index contributed by atoms with van der Waals surface area (Å²) in [7, 11) is -3.67. The molecule has 0 aliphatic heterocycles. The number of halogens is 2. The molecule has 0 radical (unpaired) electrons. The highest BCUT2D eigenvalue weighted by molar-refractivity contribution is 7.92. The molecule has 0 saturated carbocycles. The molecule has 0 spiro atoms. The van der Waals surface area contributed by atoms with Crippen LogP contribution in [-0.4, -0.2) is 50.5 Å². The summed E-state index contributed by atoms with van der Waals surface area (Å²) in [4.78, 5) is 28.4. The average Bonchev–Trinajstić information content (AvgIpc) is 2.91. The Morgan fingerprint density at radius 3 is 2.35 bits per heavy atom. The van der Waals surface area contributed by atoms with Gasteiger partial charge in [-0.1, -0.05) is 66.2 Å². The van der Waals surface area contributed by atoms with Crippen LogP contribution in [0.1, 0.15) is 36.5 Å². The van der Waals surface area contributed by atoms with Crippen molar-refractivity contribution in [3.8, 4) is 0 Å². The molecule has 0 fully saturated rings. The lowest BCUT2D eigenvalue weighted by Crippen LogP contribution is -2.50. The molecule has 3 aromatic carbocycles. The second kappa shape index (κ2) is 14.3. The van der Waals surface area contributed by atoms with Gasteiger partial charge in [0.25, 0.3) is 0 Å². The number of benzene rings is 3. The monoisotopic (exact) mass is 587 g/mol. The number of hydrogen-bond donors (Lipinski definition) is 1. The first kappa shape index (κ1) is 31.1. The van der Waals surface area contributed by atoms with Crippen molar-refractivity contribution in [2.24, 2.45) is 0 Å². The number of rotatable bonds is 13. The smallest absolute Gasteiger partial charge is 0.243 e. The van der Waals surface area contributed by atoms with Crippen molar-refractivity contribution in [3.05, 3.63) is 100 Å². The summed E-state index contributed by atoms with van der Waals surface area (Å²) in [5, 5.41) is 3.20. The van der Waals surface area contributed by atoms with E-state index in [1.807, 2.05) is 30.3 Å². The molecule has 0 heterocycles. The fraction of sp³-hybridized carbons (Fsp3) is 0.333. The number of carbonyl (C=O) groups excluding carboxylic acids is 2. The van der Waals surface area contributed by atoms with Gasteiger partial charge in [-0.25, -0.2) is 12.8 Å². The molecular weight excluding hydrogens is 553 g/mol. The lowest BCUT2D eigenvalue weighted by Gasteiger charge is -2.32. The van der Waals surface area contributed by atoms with E-state index in [1.165, 1.54) is 15.3 Å². The van der Waals surface area contributed by atoms with Gasteiger partial charge in [-0.2, -0.15) is 0 Å². The van der Waals surface area contributed by atoms with Gasteiger partial charge < -0.3 is 10.2 Å². The summed E-state index contributed by atoms with van der Waals surface area (Å²) in [6.45, 7) is 3.87. The summed E-state index contributed by atoms with van der Waals surface area (Å²) >= 11 is 6.13. The first-order chi connectivity index (χ1) is 19.0. The van der Waals surface area contributed by atoms with Crippen LogP contribution < -0.4 is 9.62 Å². The van der Waals surface area contributed by atoms with Crippen molar-refractivity contribution in [3.63, 3.8) is 0 Å². The normalized spacial score (nSPS) is 12.0. The number of nitrogens with zero attached hydrogens (tertiary/aromatic N) is 2. The van der Waals surface area contributed by atoms with Gasteiger partial charge in [0, 0.05) is 43.1 Å². The van der Waals surface area contributed by atoms with Crippen LogP contribution in [0.2, 0.25) is 5.02 Å². The van der Waals surface area contributed by atoms with E-state index in [2.05, 4.69) is 5.32 Å². The first-order valence-corrected chi connectivity index (χ1v) is 15.3. The molecule has 0 aliphatic carbocycles. The molecule has 0 bridgehead atoms. The number of nitrogens with one attached hydrogen (secondary N) is 1. The summed E-state index contributed by atoms with van der Waals surface area (Å²) < 4.78 is 41.2. The second-order valence-corrected chi connectivity index (χ2v) is 11.9. The van der Waals surface area contributed by atoms with Crippen LogP contribution in [0.15, 0.2) is 72.8 Å². The van der Waals surface area contributed by atoms with E-state index >= 15 is 0 Å². The predicted molar refractivity (Wildman–Crippen MR) is 157 cm³/mol.